The molecule has 0 spiro atoms. The molecular weight excluding hydrogens is 320 g/mol. The number of benzene rings is 1. The third kappa shape index (κ3) is 3.13. The maximum Gasteiger partial charge on any atom is 0.267 e. The van der Waals surface area contributed by atoms with Crippen LogP contribution in [-0.2, 0) is 13.6 Å². The van der Waals surface area contributed by atoms with Gasteiger partial charge in [-0.2, -0.15) is 5.10 Å². The van der Waals surface area contributed by atoms with Crippen LogP contribution in [0, 0.1) is 5.92 Å². The first kappa shape index (κ1) is 16.8. The van der Waals surface area contributed by atoms with Crippen molar-refractivity contribution in [1.29, 1.82) is 0 Å². The van der Waals surface area contributed by atoms with E-state index in [1.165, 1.54) is 9.25 Å². The fourth-order valence-electron chi connectivity index (χ4n) is 2.80. The maximum atomic E-state index is 12.9. The Hall–Kier alpha value is -3.09. The second-order valence-electron chi connectivity index (χ2n) is 6.38. The summed E-state index contributed by atoms with van der Waals surface area (Å²) in [6, 6.07) is 8.62. The Balaban J connectivity index is 2.17. The third-order valence-corrected chi connectivity index (χ3v) is 3.88. The standard InChI is InChI=1S/C18H20N4O3/c1-11(2)10-22-13-7-5-4-6-12(13)16(23)15(18(22)25)17(24)19-14-8-9-21(3)20-14/h4-9,11,23H,10H2,1-3H3,(H,19,20,24). The number of anilines is 1. The molecule has 7 heteroatoms. The molecule has 0 aliphatic heterocycles. The van der Waals surface area contributed by atoms with Crippen LogP contribution in [0.1, 0.15) is 24.2 Å². The van der Waals surface area contributed by atoms with Gasteiger partial charge in [0.05, 0.1) is 5.52 Å². The van der Waals surface area contributed by atoms with Crippen LogP contribution in [0.2, 0.25) is 0 Å². The molecular formula is C18H20N4O3. The molecule has 0 aliphatic rings. The van der Waals surface area contributed by atoms with Crippen molar-refractivity contribution in [3.05, 3.63) is 52.4 Å². The van der Waals surface area contributed by atoms with Gasteiger partial charge in [-0.05, 0) is 18.1 Å². The lowest BCUT2D eigenvalue weighted by molar-refractivity contribution is 0.102. The Morgan fingerprint density at radius 1 is 1.28 bits per heavy atom. The van der Waals surface area contributed by atoms with E-state index in [0.717, 1.165) is 0 Å². The monoisotopic (exact) mass is 340 g/mol. The molecule has 2 heterocycles. The van der Waals surface area contributed by atoms with E-state index in [1.54, 1.807) is 43.6 Å². The number of nitrogens with zero attached hydrogens (tertiary/aromatic N) is 3. The zero-order valence-corrected chi connectivity index (χ0v) is 14.4. The number of amides is 1. The minimum Gasteiger partial charge on any atom is -0.506 e. The number of hydrogen-bond donors (Lipinski definition) is 2. The lowest BCUT2D eigenvalue weighted by Gasteiger charge is -2.16. The maximum absolute atomic E-state index is 12.9. The second kappa shape index (κ2) is 6.43. The smallest absolute Gasteiger partial charge is 0.267 e. The Morgan fingerprint density at radius 2 is 2.00 bits per heavy atom. The van der Waals surface area contributed by atoms with Crippen LogP contribution in [-0.4, -0.2) is 25.4 Å². The van der Waals surface area contributed by atoms with Crippen molar-refractivity contribution in [3.8, 4) is 5.75 Å². The Kier molecular flexibility index (Phi) is 4.31. The molecule has 25 heavy (non-hydrogen) atoms. The molecule has 130 valence electrons. The van der Waals surface area contributed by atoms with Crippen LogP contribution < -0.4 is 10.9 Å². The van der Waals surface area contributed by atoms with Crippen molar-refractivity contribution >= 4 is 22.6 Å². The summed E-state index contributed by atoms with van der Waals surface area (Å²) in [6.45, 7) is 4.42. The van der Waals surface area contributed by atoms with E-state index in [-0.39, 0.29) is 17.2 Å². The van der Waals surface area contributed by atoms with Gasteiger partial charge in [0.15, 0.2) is 5.82 Å². The number of pyridine rings is 1. The number of carbonyl (C=O) groups excluding carboxylic acids is 1. The van der Waals surface area contributed by atoms with E-state index < -0.39 is 11.5 Å². The first-order chi connectivity index (χ1) is 11.9. The molecule has 1 amide bonds. The molecule has 0 radical (unpaired) electrons. The number of aryl methyl sites for hydroxylation is 1. The van der Waals surface area contributed by atoms with Crippen LogP contribution in [0.15, 0.2) is 41.3 Å². The van der Waals surface area contributed by atoms with E-state index in [0.29, 0.717) is 23.3 Å². The minimum atomic E-state index is -0.676. The quantitative estimate of drug-likeness (QED) is 0.763. The van der Waals surface area contributed by atoms with Gasteiger partial charge >= 0.3 is 0 Å². The molecule has 0 aliphatic carbocycles. The Bertz CT molecular complexity index is 1000. The average Bonchev–Trinajstić information content (AvgIpc) is 2.96. The van der Waals surface area contributed by atoms with E-state index in [4.69, 9.17) is 0 Å². The molecule has 2 N–H and O–H groups in total. The highest BCUT2D eigenvalue weighted by molar-refractivity contribution is 6.08. The number of carbonyl (C=O) groups is 1. The number of rotatable bonds is 4. The predicted octanol–water partition coefficient (Wildman–Crippen LogP) is 2.35. The van der Waals surface area contributed by atoms with Crippen LogP contribution in [0.25, 0.3) is 10.9 Å². The highest BCUT2D eigenvalue weighted by Crippen LogP contribution is 2.27. The molecule has 3 aromatic rings. The molecule has 0 bridgehead atoms. The number of aromatic hydroxyl groups is 1. The molecule has 0 fully saturated rings. The molecule has 0 atom stereocenters. The van der Waals surface area contributed by atoms with Gasteiger partial charge in [-0.25, -0.2) is 0 Å². The minimum absolute atomic E-state index is 0.206. The van der Waals surface area contributed by atoms with Gasteiger partial charge in [-0.3, -0.25) is 14.3 Å². The van der Waals surface area contributed by atoms with Crippen molar-refractivity contribution in [2.45, 2.75) is 20.4 Å². The summed E-state index contributed by atoms with van der Waals surface area (Å²) in [6.07, 6.45) is 1.67. The molecule has 0 unspecified atom stereocenters. The van der Waals surface area contributed by atoms with Gasteiger partial charge in [0.2, 0.25) is 0 Å². The fourth-order valence-corrected chi connectivity index (χ4v) is 2.80. The average molecular weight is 340 g/mol. The number of nitrogens with one attached hydrogen (secondary N) is 1. The predicted molar refractivity (Wildman–Crippen MR) is 95.9 cm³/mol. The number of aromatic nitrogens is 3. The van der Waals surface area contributed by atoms with Gasteiger partial charge in [0, 0.05) is 31.2 Å². The topological polar surface area (TPSA) is 89.2 Å². The summed E-state index contributed by atoms with van der Waals surface area (Å²) in [5.41, 5.74) is -0.184. The van der Waals surface area contributed by atoms with Gasteiger partial charge < -0.3 is 15.0 Å². The number of para-hydroxylation sites is 1. The van der Waals surface area contributed by atoms with Crippen molar-refractivity contribution in [3.63, 3.8) is 0 Å². The lowest BCUT2D eigenvalue weighted by Crippen LogP contribution is -2.31. The SMILES string of the molecule is CC(C)Cn1c(=O)c(C(=O)Nc2ccn(C)n2)c(O)c2ccccc21. The van der Waals surface area contributed by atoms with Gasteiger partial charge in [-0.15, -0.1) is 0 Å². The molecule has 0 saturated heterocycles. The van der Waals surface area contributed by atoms with Gasteiger partial charge in [-0.1, -0.05) is 26.0 Å². The van der Waals surface area contributed by atoms with Crippen molar-refractivity contribution in [2.24, 2.45) is 13.0 Å². The highest BCUT2D eigenvalue weighted by Gasteiger charge is 2.23. The van der Waals surface area contributed by atoms with Crippen molar-refractivity contribution in [1.82, 2.24) is 14.3 Å². The Labute approximate surface area is 144 Å². The van der Waals surface area contributed by atoms with Gasteiger partial charge in [0.25, 0.3) is 11.5 Å². The van der Waals surface area contributed by atoms with Crippen molar-refractivity contribution in [2.75, 3.05) is 5.32 Å². The van der Waals surface area contributed by atoms with Crippen LogP contribution in [0.4, 0.5) is 5.82 Å². The molecule has 7 nitrogen and oxygen atoms in total. The number of fused-ring (bicyclic) bond motifs is 1. The highest BCUT2D eigenvalue weighted by atomic mass is 16.3. The largest absolute Gasteiger partial charge is 0.506 e. The normalized spacial score (nSPS) is 11.2. The second-order valence-corrected chi connectivity index (χ2v) is 6.38. The Morgan fingerprint density at radius 3 is 2.64 bits per heavy atom. The summed E-state index contributed by atoms with van der Waals surface area (Å²) >= 11 is 0. The first-order valence-corrected chi connectivity index (χ1v) is 8.04. The van der Waals surface area contributed by atoms with Gasteiger partial charge in [0.1, 0.15) is 11.3 Å². The van der Waals surface area contributed by atoms with Crippen molar-refractivity contribution < 1.29 is 9.90 Å². The summed E-state index contributed by atoms with van der Waals surface area (Å²) in [7, 11) is 1.72. The van der Waals surface area contributed by atoms with Crippen LogP contribution in [0.3, 0.4) is 0 Å². The molecule has 0 saturated carbocycles. The van der Waals surface area contributed by atoms with E-state index in [1.807, 2.05) is 13.8 Å². The van der Waals surface area contributed by atoms with E-state index in [9.17, 15) is 14.7 Å². The number of hydrogen-bond acceptors (Lipinski definition) is 4. The van der Waals surface area contributed by atoms with Crippen LogP contribution >= 0.6 is 0 Å². The zero-order chi connectivity index (χ0) is 18.1. The van der Waals surface area contributed by atoms with E-state index >= 15 is 0 Å². The zero-order valence-electron chi connectivity index (χ0n) is 14.4. The fraction of sp³-hybridized carbons (Fsp3) is 0.278. The third-order valence-electron chi connectivity index (χ3n) is 3.88. The summed E-state index contributed by atoms with van der Waals surface area (Å²) in [5.74, 6) is -0.467. The molecule has 2 aromatic heterocycles. The van der Waals surface area contributed by atoms with E-state index in [2.05, 4.69) is 10.4 Å². The molecule has 3 rings (SSSR count). The first-order valence-electron chi connectivity index (χ1n) is 8.04. The van der Waals surface area contributed by atoms with Crippen LogP contribution in [0.5, 0.6) is 5.75 Å². The summed E-state index contributed by atoms with van der Waals surface area (Å²) in [5, 5.41) is 17.6. The summed E-state index contributed by atoms with van der Waals surface area (Å²) in [4.78, 5) is 25.5. The lowest BCUT2D eigenvalue weighted by atomic mass is 10.1. The molecule has 1 aromatic carbocycles. The summed E-state index contributed by atoms with van der Waals surface area (Å²) < 4.78 is 3.07.